The fourth-order valence-electron chi connectivity index (χ4n) is 4.98. The number of aromatic nitrogens is 4. The van der Waals surface area contributed by atoms with Crippen molar-refractivity contribution in [2.45, 2.75) is 37.5 Å². The highest BCUT2D eigenvalue weighted by Gasteiger charge is 2.41. The number of fused-ring (bicyclic) bond motifs is 1. The maximum Gasteiger partial charge on any atom is 0.168 e. The standard InChI is InChI=1S/C23H27N5O3/c1-2-4-17(5-3-1)20-25-21(27-10-12-29-13-11-27)19-16-24-28(22(19)26-20)18-6-8-23(9-7-18)30-14-15-31-23/h1-5,16,18H,6-15H2. The minimum Gasteiger partial charge on any atom is -0.378 e. The summed E-state index contributed by atoms with van der Waals surface area (Å²) in [5.41, 5.74) is 1.92. The lowest BCUT2D eigenvalue weighted by atomic mass is 9.90. The van der Waals surface area contributed by atoms with Crippen LogP contribution in [0.2, 0.25) is 0 Å². The van der Waals surface area contributed by atoms with Crippen LogP contribution >= 0.6 is 0 Å². The summed E-state index contributed by atoms with van der Waals surface area (Å²) in [6.07, 6.45) is 5.66. The van der Waals surface area contributed by atoms with Crippen molar-refractivity contribution in [3.63, 3.8) is 0 Å². The molecule has 2 aromatic heterocycles. The second-order valence-electron chi connectivity index (χ2n) is 8.50. The Kier molecular flexibility index (Phi) is 4.85. The van der Waals surface area contributed by atoms with Crippen molar-refractivity contribution in [2.75, 3.05) is 44.4 Å². The van der Waals surface area contributed by atoms with Gasteiger partial charge in [0.2, 0.25) is 0 Å². The van der Waals surface area contributed by atoms with Crippen LogP contribution in [0.3, 0.4) is 0 Å². The number of benzene rings is 1. The minimum atomic E-state index is -0.372. The topological polar surface area (TPSA) is 74.5 Å². The van der Waals surface area contributed by atoms with Gasteiger partial charge in [-0.3, -0.25) is 0 Å². The van der Waals surface area contributed by atoms with Crippen LogP contribution in [-0.2, 0) is 14.2 Å². The molecular weight excluding hydrogens is 394 g/mol. The Morgan fingerprint density at radius 2 is 1.65 bits per heavy atom. The Bertz CT molecular complexity index is 1050. The van der Waals surface area contributed by atoms with Gasteiger partial charge in [0.15, 0.2) is 17.3 Å². The summed E-state index contributed by atoms with van der Waals surface area (Å²) >= 11 is 0. The third kappa shape index (κ3) is 3.48. The quantitative estimate of drug-likeness (QED) is 0.643. The van der Waals surface area contributed by atoms with Crippen LogP contribution in [0.1, 0.15) is 31.7 Å². The number of rotatable bonds is 3. The van der Waals surface area contributed by atoms with Gasteiger partial charge in [0.1, 0.15) is 5.82 Å². The SMILES string of the molecule is c1ccc(-c2nc(N3CCOCC3)c3cnn(C4CCC5(CC4)OCCO5)c3n2)cc1. The van der Waals surface area contributed by atoms with E-state index in [1.54, 1.807) is 0 Å². The Hall–Kier alpha value is -2.55. The van der Waals surface area contributed by atoms with E-state index in [1.165, 1.54) is 0 Å². The lowest BCUT2D eigenvalue weighted by molar-refractivity contribution is -0.181. The molecule has 2 aliphatic heterocycles. The van der Waals surface area contributed by atoms with Gasteiger partial charge in [0.05, 0.1) is 44.1 Å². The lowest BCUT2D eigenvalue weighted by Gasteiger charge is -2.35. The van der Waals surface area contributed by atoms with Gasteiger partial charge < -0.3 is 19.1 Å². The first-order valence-electron chi connectivity index (χ1n) is 11.2. The molecule has 4 heterocycles. The van der Waals surface area contributed by atoms with Crippen LogP contribution in [0.4, 0.5) is 5.82 Å². The Morgan fingerprint density at radius 3 is 2.39 bits per heavy atom. The predicted octanol–water partition coefficient (Wildman–Crippen LogP) is 3.19. The van der Waals surface area contributed by atoms with Gasteiger partial charge in [-0.15, -0.1) is 0 Å². The molecule has 162 valence electrons. The summed E-state index contributed by atoms with van der Waals surface area (Å²) in [6.45, 7) is 4.48. The highest BCUT2D eigenvalue weighted by molar-refractivity contribution is 5.89. The Morgan fingerprint density at radius 1 is 0.903 bits per heavy atom. The van der Waals surface area contributed by atoms with Crippen molar-refractivity contribution in [1.29, 1.82) is 0 Å². The monoisotopic (exact) mass is 421 g/mol. The smallest absolute Gasteiger partial charge is 0.168 e. The van der Waals surface area contributed by atoms with Crippen molar-refractivity contribution in [2.24, 2.45) is 0 Å². The van der Waals surface area contributed by atoms with E-state index in [1.807, 2.05) is 24.4 Å². The molecule has 2 saturated heterocycles. The molecule has 8 heteroatoms. The number of hydrogen-bond donors (Lipinski definition) is 0. The molecule has 3 fully saturated rings. The molecule has 1 aromatic carbocycles. The summed E-state index contributed by atoms with van der Waals surface area (Å²) in [5, 5.41) is 5.81. The number of nitrogens with zero attached hydrogens (tertiary/aromatic N) is 5. The van der Waals surface area contributed by atoms with Gasteiger partial charge in [0, 0.05) is 31.5 Å². The zero-order valence-corrected chi connectivity index (χ0v) is 17.6. The second kappa shape index (κ2) is 7.85. The molecular formula is C23H27N5O3. The summed E-state index contributed by atoms with van der Waals surface area (Å²) in [5.74, 6) is 1.32. The zero-order valence-electron chi connectivity index (χ0n) is 17.6. The molecule has 3 aliphatic rings. The maximum absolute atomic E-state index is 5.91. The molecule has 6 rings (SSSR count). The average molecular weight is 422 g/mol. The highest BCUT2D eigenvalue weighted by atomic mass is 16.7. The molecule has 31 heavy (non-hydrogen) atoms. The molecule has 1 spiro atoms. The van der Waals surface area contributed by atoms with E-state index in [-0.39, 0.29) is 11.8 Å². The van der Waals surface area contributed by atoms with Gasteiger partial charge in [-0.1, -0.05) is 30.3 Å². The van der Waals surface area contributed by atoms with Gasteiger partial charge >= 0.3 is 0 Å². The summed E-state index contributed by atoms with van der Waals surface area (Å²) in [4.78, 5) is 12.3. The first-order valence-corrected chi connectivity index (χ1v) is 11.2. The molecule has 0 unspecified atom stereocenters. The third-order valence-corrected chi connectivity index (χ3v) is 6.65. The number of hydrogen-bond acceptors (Lipinski definition) is 7. The van der Waals surface area contributed by atoms with Gasteiger partial charge in [-0.25, -0.2) is 14.6 Å². The molecule has 0 N–H and O–H groups in total. The molecule has 1 aliphatic carbocycles. The molecule has 0 atom stereocenters. The summed E-state index contributed by atoms with van der Waals surface area (Å²) < 4.78 is 19.5. The van der Waals surface area contributed by atoms with Crippen molar-refractivity contribution in [1.82, 2.24) is 19.7 Å². The Labute approximate surface area is 181 Å². The van der Waals surface area contributed by atoms with Crippen molar-refractivity contribution >= 4 is 16.9 Å². The van der Waals surface area contributed by atoms with Crippen molar-refractivity contribution < 1.29 is 14.2 Å². The summed E-state index contributed by atoms with van der Waals surface area (Å²) in [7, 11) is 0. The van der Waals surface area contributed by atoms with Crippen LogP contribution in [0.15, 0.2) is 36.5 Å². The Balaban J connectivity index is 1.40. The van der Waals surface area contributed by atoms with E-state index in [9.17, 15) is 0 Å². The van der Waals surface area contributed by atoms with Crippen molar-refractivity contribution in [3.8, 4) is 11.4 Å². The fourth-order valence-corrected chi connectivity index (χ4v) is 4.98. The number of ether oxygens (including phenoxy) is 3. The first-order chi connectivity index (χ1) is 15.3. The average Bonchev–Trinajstić information content (AvgIpc) is 3.48. The number of morpholine rings is 1. The first kappa shape index (κ1) is 19.2. The summed E-state index contributed by atoms with van der Waals surface area (Å²) in [6, 6.07) is 10.5. The molecule has 0 amide bonds. The van der Waals surface area contributed by atoms with E-state index in [0.29, 0.717) is 26.4 Å². The second-order valence-corrected chi connectivity index (χ2v) is 8.50. The molecule has 0 bridgehead atoms. The van der Waals surface area contributed by atoms with E-state index in [2.05, 4.69) is 21.7 Å². The highest BCUT2D eigenvalue weighted by Crippen LogP contribution is 2.41. The molecule has 8 nitrogen and oxygen atoms in total. The van der Waals surface area contributed by atoms with E-state index < -0.39 is 0 Å². The van der Waals surface area contributed by atoms with E-state index in [4.69, 9.17) is 29.3 Å². The molecule has 3 aromatic rings. The molecule has 0 radical (unpaired) electrons. The van der Waals surface area contributed by atoms with Crippen LogP contribution in [0, 0.1) is 0 Å². The van der Waals surface area contributed by atoms with Crippen LogP contribution in [0.5, 0.6) is 0 Å². The third-order valence-electron chi connectivity index (χ3n) is 6.65. The lowest BCUT2D eigenvalue weighted by Crippen LogP contribution is -2.37. The van der Waals surface area contributed by atoms with E-state index in [0.717, 1.165) is 67.0 Å². The minimum absolute atomic E-state index is 0.284. The van der Waals surface area contributed by atoms with Crippen LogP contribution in [-0.4, -0.2) is 65.1 Å². The predicted molar refractivity (Wildman–Crippen MR) is 116 cm³/mol. The zero-order chi connectivity index (χ0) is 20.7. The van der Waals surface area contributed by atoms with Gasteiger partial charge in [0.25, 0.3) is 0 Å². The van der Waals surface area contributed by atoms with E-state index >= 15 is 0 Å². The fraction of sp³-hybridized carbons (Fsp3) is 0.522. The van der Waals surface area contributed by atoms with Crippen molar-refractivity contribution in [3.05, 3.63) is 36.5 Å². The van der Waals surface area contributed by atoms with Gasteiger partial charge in [-0.2, -0.15) is 5.10 Å². The largest absolute Gasteiger partial charge is 0.378 e. The van der Waals surface area contributed by atoms with Gasteiger partial charge in [-0.05, 0) is 12.8 Å². The normalized spacial score (nSPS) is 21.9. The maximum atomic E-state index is 5.91. The molecule has 1 saturated carbocycles. The van der Waals surface area contributed by atoms with Crippen LogP contribution in [0.25, 0.3) is 22.4 Å². The number of anilines is 1. The van der Waals surface area contributed by atoms with Crippen LogP contribution < -0.4 is 4.90 Å².